The number of nitrogens with zero attached hydrogens (tertiary/aromatic N) is 2. The first-order valence-electron chi connectivity index (χ1n) is 8.89. The smallest absolute Gasteiger partial charge is 0.355 e. The van der Waals surface area contributed by atoms with Gasteiger partial charge in [0.1, 0.15) is 5.82 Å². The van der Waals surface area contributed by atoms with E-state index < -0.39 is 27.1 Å². The minimum Gasteiger partial charge on any atom is -0.355 e. The van der Waals surface area contributed by atoms with Gasteiger partial charge in [-0.2, -0.15) is 13.2 Å². The first-order chi connectivity index (χ1) is 12.9. The molecule has 1 aromatic rings. The fourth-order valence-electron chi connectivity index (χ4n) is 3.68. The van der Waals surface area contributed by atoms with Gasteiger partial charge in [0, 0.05) is 25.2 Å². The number of pyridine rings is 1. The zero-order chi connectivity index (χ0) is 20.7. The molecule has 2 saturated heterocycles. The molecule has 0 unspecified atom stereocenters. The molecule has 3 rings (SSSR count). The topological polar surface area (TPSA) is 79.4 Å². The first-order valence-corrected chi connectivity index (χ1v) is 11.1. The summed E-state index contributed by atoms with van der Waals surface area (Å²) in [6, 6.07) is 0.851. The van der Waals surface area contributed by atoms with E-state index in [1.54, 1.807) is 11.8 Å². The molecule has 2 aliphatic heterocycles. The molecular formula is C17H21ClF3N3O3S. The zero-order valence-electron chi connectivity index (χ0n) is 15.2. The summed E-state index contributed by atoms with van der Waals surface area (Å²) in [5, 5.41) is 2.79. The van der Waals surface area contributed by atoms with Gasteiger partial charge >= 0.3 is 6.18 Å². The molecule has 0 spiro atoms. The van der Waals surface area contributed by atoms with Gasteiger partial charge in [0.25, 0.3) is 0 Å². The van der Waals surface area contributed by atoms with Crippen molar-refractivity contribution < 1.29 is 26.4 Å². The summed E-state index contributed by atoms with van der Waals surface area (Å²) in [5.41, 5.74) is -1.65. The number of piperidine rings is 1. The van der Waals surface area contributed by atoms with E-state index >= 15 is 0 Å². The number of rotatable bonds is 3. The Labute approximate surface area is 166 Å². The van der Waals surface area contributed by atoms with Gasteiger partial charge in [0.15, 0.2) is 9.84 Å². The molecule has 0 radical (unpaired) electrons. The predicted octanol–water partition coefficient (Wildman–Crippen LogP) is 2.66. The van der Waals surface area contributed by atoms with Crippen LogP contribution in [0.3, 0.4) is 0 Å². The number of sulfone groups is 1. The summed E-state index contributed by atoms with van der Waals surface area (Å²) < 4.78 is 61.5. The molecule has 2 aliphatic rings. The largest absolute Gasteiger partial charge is 0.417 e. The molecule has 1 N–H and O–H groups in total. The second kappa shape index (κ2) is 7.37. The number of nitrogens with one attached hydrogen (secondary N) is 1. The molecule has 3 heterocycles. The quantitative estimate of drug-likeness (QED) is 0.783. The second-order valence-corrected chi connectivity index (χ2v) is 10.3. The maximum absolute atomic E-state index is 12.7. The van der Waals surface area contributed by atoms with Gasteiger partial charge in [-0.1, -0.05) is 11.6 Å². The van der Waals surface area contributed by atoms with Gasteiger partial charge in [-0.25, -0.2) is 13.4 Å². The van der Waals surface area contributed by atoms with Crippen LogP contribution in [0.1, 0.15) is 31.7 Å². The lowest BCUT2D eigenvalue weighted by Crippen LogP contribution is -2.51. The monoisotopic (exact) mass is 439 g/mol. The highest BCUT2D eigenvalue weighted by Gasteiger charge is 2.41. The van der Waals surface area contributed by atoms with Crippen LogP contribution in [0.4, 0.5) is 19.0 Å². The summed E-state index contributed by atoms with van der Waals surface area (Å²) in [5.74, 6) is -0.201. The van der Waals surface area contributed by atoms with Crippen molar-refractivity contribution in [3.05, 3.63) is 22.8 Å². The third kappa shape index (κ3) is 4.71. The van der Waals surface area contributed by atoms with Crippen LogP contribution in [-0.4, -0.2) is 49.4 Å². The highest BCUT2D eigenvalue weighted by molar-refractivity contribution is 7.91. The molecular weight excluding hydrogens is 419 g/mol. The van der Waals surface area contributed by atoms with Crippen molar-refractivity contribution in [2.45, 2.75) is 37.9 Å². The third-order valence-corrected chi connectivity index (χ3v) is 7.42. The Balaban J connectivity index is 1.59. The molecule has 0 aromatic carbocycles. The molecule has 1 aromatic heterocycles. The van der Waals surface area contributed by atoms with E-state index in [1.807, 2.05) is 0 Å². The molecule has 0 saturated carbocycles. The first kappa shape index (κ1) is 21.2. The van der Waals surface area contributed by atoms with Gasteiger partial charge in [0.05, 0.1) is 27.6 Å². The van der Waals surface area contributed by atoms with Crippen LogP contribution >= 0.6 is 11.6 Å². The van der Waals surface area contributed by atoms with Gasteiger partial charge in [-0.15, -0.1) is 0 Å². The Morgan fingerprint density at radius 3 is 2.50 bits per heavy atom. The van der Waals surface area contributed by atoms with Crippen LogP contribution in [0.15, 0.2) is 12.3 Å². The van der Waals surface area contributed by atoms with Gasteiger partial charge in [-0.3, -0.25) is 4.79 Å². The lowest BCUT2D eigenvalue weighted by atomic mass is 9.93. The lowest BCUT2D eigenvalue weighted by molar-refractivity contribution is -0.137. The van der Waals surface area contributed by atoms with E-state index in [1.165, 1.54) is 0 Å². The number of hydrogen-bond donors (Lipinski definition) is 1. The van der Waals surface area contributed by atoms with Crippen LogP contribution in [-0.2, 0) is 20.8 Å². The number of carbonyl (C=O) groups is 1. The van der Waals surface area contributed by atoms with E-state index in [9.17, 15) is 26.4 Å². The molecule has 156 valence electrons. The molecule has 11 heteroatoms. The molecule has 28 heavy (non-hydrogen) atoms. The maximum atomic E-state index is 12.7. The fraction of sp³-hybridized carbons (Fsp3) is 0.647. The maximum Gasteiger partial charge on any atom is 0.417 e. The van der Waals surface area contributed by atoms with Crippen molar-refractivity contribution in [3.8, 4) is 0 Å². The number of hydrogen-bond acceptors (Lipinski definition) is 5. The summed E-state index contributed by atoms with van der Waals surface area (Å²) in [6.07, 6.45) is -2.40. The van der Waals surface area contributed by atoms with E-state index in [-0.39, 0.29) is 34.2 Å². The van der Waals surface area contributed by atoms with Crippen molar-refractivity contribution in [2.75, 3.05) is 29.5 Å². The van der Waals surface area contributed by atoms with Crippen molar-refractivity contribution in [3.63, 3.8) is 0 Å². The predicted molar refractivity (Wildman–Crippen MR) is 99.0 cm³/mol. The molecule has 2 fully saturated rings. The summed E-state index contributed by atoms with van der Waals surface area (Å²) in [6.45, 7) is 2.58. The van der Waals surface area contributed by atoms with Gasteiger partial charge in [0.2, 0.25) is 5.91 Å². The number of alkyl halides is 3. The van der Waals surface area contributed by atoms with Crippen molar-refractivity contribution >= 4 is 33.2 Å². The van der Waals surface area contributed by atoms with Crippen molar-refractivity contribution in [1.82, 2.24) is 10.3 Å². The van der Waals surface area contributed by atoms with E-state index in [0.29, 0.717) is 32.4 Å². The fourth-order valence-corrected chi connectivity index (χ4v) is 6.06. The average Bonchev–Trinajstić information content (AvgIpc) is 2.87. The normalized spacial score (nSPS) is 25.7. The number of halogens is 4. The Bertz CT molecular complexity index is 870. The molecule has 0 aliphatic carbocycles. The van der Waals surface area contributed by atoms with E-state index in [2.05, 4.69) is 10.3 Å². The lowest BCUT2D eigenvalue weighted by Gasteiger charge is -2.34. The van der Waals surface area contributed by atoms with E-state index in [0.717, 1.165) is 12.3 Å². The SMILES string of the molecule is C[C@@]1(NC(=O)C2CCN(c3ncc(C(F)(F)F)cc3Cl)CC2)CCS(=O)(=O)C1. The van der Waals surface area contributed by atoms with Crippen molar-refractivity contribution in [1.29, 1.82) is 0 Å². The highest BCUT2D eigenvalue weighted by Crippen LogP contribution is 2.35. The summed E-state index contributed by atoms with van der Waals surface area (Å²) in [7, 11) is -3.12. The zero-order valence-corrected chi connectivity index (χ0v) is 16.8. The van der Waals surface area contributed by atoms with Gasteiger partial charge in [-0.05, 0) is 32.3 Å². The van der Waals surface area contributed by atoms with Gasteiger partial charge < -0.3 is 10.2 Å². The van der Waals surface area contributed by atoms with Crippen molar-refractivity contribution in [2.24, 2.45) is 5.92 Å². The highest BCUT2D eigenvalue weighted by atomic mass is 35.5. The van der Waals surface area contributed by atoms with Crippen LogP contribution in [0.25, 0.3) is 0 Å². The van der Waals surface area contributed by atoms with E-state index in [4.69, 9.17) is 11.6 Å². The molecule has 0 bridgehead atoms. The summed E-state index contributed by atoms with van der Waals surface area (Å²) >= 11 is 5.99. The average molecular weight is 440 g/mol. The van der Waals surface area contributed by atoms with Crippen LogP contribution < -0.4 is 10.2 Å². The minimum atomic E-state index is -4.51. The Hall–Kier alpha value is -1.55. The third-order valence-electron chi connectivity index (χ3n) is 5.24. The Morgan fingerprint density at radius 2 is 2.00 bits per heavy atom. The molecule has 1 amide bonds. The van der Waals surface area contributed by atoms with Crippen LogP contribution in [0.2, 0.25) is 5.02 Å². The molecule has 1 atom stereocenters. The van der Waals surface area contributed by atoms with Crippen LogP contribution in [0, 0.1) is 5.92 Å². The molecule has 6 nitrogen and oxygen atoms in total. The number of anilines is 1. The Morgan fingerprint density at radius 1 is 1.36 bits per heavy atom. The second-order valence-electron chi connectivity index (χ2n) is 7.68. The summed E-state index contributed by atoms with van der Waals surface area (Å²) in [4.78, 5) is 18.2. The standard InChI is InChI=1S/C17H21ClF3N3O3S/c1-16(4-7-28(26,27)10-16)23-15(25)11-2-5-24(6-3-11)14-13(18)8-12(9-22-14)17(19,20)21/h8-9,11H,2-7,10H2,1H3,(H,23,25)/t16-/m1/s1. The Kier molecular flexibility index (Phi) is 5.57. The number of amides is 1. The van der Waals surface area contributed by atoms with Crippen LogP contribution in [0.5, 0.6) is 0 Å². The number of carbonyl (C=O) groups excluding carboxylic acids is 1. The minimum absolute atomic E-state index is 0.0599. The number of aromatic nitrogens is 1.